The molecule has 1 rings (SSSR count). The molecule has 19 heavy (non-hydrogen) atoms. The summed E-state index contributed by atoms with van der Waals surface area (Å²) in [6, 6.07) is 6.53. The number of nitrogens with one attached hydrogen (secondary N) is 2. The van der Waals surface area contributed by atoms with Crippen molar-refractivity contribution in [1.29, 1.82) is 0 Å². The Kier molecular flexibility index (Phi) is 6.41. The van der Waals surface area contributed by atoms with E-state index >= 15 is 0 Å². The highest BCUT2D eigenvalue weighted by atomic mass is 32.2. The molecule has 0 aliphatic rings. The number of hydrogen-bond donors (Lipinski definition) is 2. The molecule has 6 heteroatoms. The molecule has 0 amide bonds. The van der Waals surface area contributed by atoms with Crippen molar-refractivity contribution in [2.75, 3.05) is 18.8 Å². The molecular formula is C13H21FN2O2S. The second-order valence-corrected chi connectivity index (χ2v) is 6.43. The molecule has 0 fully saturated rings. The topological polar surface area (TPSA) is 58.2 Å². The standard InChI is InChI=1S/C13H21FN2O2S/c1-3-16-19(17,18)8-7-15-11(2)9-12-5-4-6-13(14)10-12/h4-6,10-11,15-16H,3,7-9H2,1-2H3. The summed E-state index contributed by atoms with van der Waals surface area (Å²) in [6.45, 7) is 4.48. The third-order valence-electron chi connectivity index (χ3n) is 2.66. The lowest BCUT2D eigenvalue weighted by molar-refractivity contribution is 0.548. The maximum absolute atomic E-state index is 13.0. The molecule has 1 unspecified atom stereocenters. The Bertz CT molecular complexity index is 491. The molecule has 1 aromatic rings. The fraction of sp³-hybridized carbons (Fsp3) is 0.538. The molecule has 0 spiro atoms. The molecule has 0 saturated carbocycles. The summed E-state index contributed by atoms with van der Waals surface area (Å²) in [5.74, 6) is -0.201. The molecule has 1 aromatic carbocycles. The van der Waals surface area contributed by atoms with Crippen LogP contribution in [0, 0.1) is 5.82 Å². The quantitative estimate of drug-likeness (QED) is 0.758. The maximum atomic E-state index is 13.0. The van der Waals surface area contributed by atoms with Crippen molar-refractivity contribution < 1.29 is 12.8 Å². The van der Waals surface area contributed by atoms with E-state index in [0.29, 0.717) is 19.5 Å². The van der Waals surface area contributed by atoms with Gasteiger partial charge in [0.2, 0.25) is 10.0 Å². The van der Waals surface area contributed by atoms with E-state index in [0.717, 1.165) is 5.56 Å². The van der Waals surface area contributed by atoms with E-state index < -0.39 is 10.0 Å². The molecule has 4 nitrogen and oxygen atoms in total. The van der Waals surface area contributed by atoms with Crippen molar-refractivity contribution in [2.45, 2.75) is 26.3 Å². The molecule has 0 saturated heterocycles. The van der Waals surface area contributed by atoms with Gasteiger partial charge in [0.25, 0.3) is 0 Å². The van der Waals surface area contributed by atoms with Crippen LogP contribution < -0.4 is 10.0 Å². The number of benzene rings is 1. The van der Waals surface area contributed by atoms with Gasteiger partial charge in [-0.15, -0.1) is 0 Å². The van der Waals surface area contributed by atoms with Crippen molar-refractivity contribution in [1.82, 2.24) is 10.0 Å². The van der Waals surface area contributed by atoms with E-state index in [1.165, 1.54) is 12.1 Å². The predicted molar refractivity (Wildman–Crippen MR) is 75.0 cm³/mol. The normalized spacial score (nSPS) is 13.4. The van der Waals surface area contributed by atoms with Crippen molar-refractivity contribution in [2.24, 2.45) is 0 Å². The third kappa shape index (κ3) is 6.66. The summed E-state index contributed by atoms with van der Waals surface area (Å²) < 4.78 is 38.3. The molecule has 108 valence electrons. The van der Waals surface area contributed by atoms with E-state index in [2.05, 4.69) is 10.0 Å². The van der Waals surface area contributed by atoms with Crippen LogP contribution in [0.4, 0.5) is 4.39 Å². The highest BCUT2D eigenvalue weighted by molar-refractivity contribution is 7.89. The van der Waals surface area contributed by atoms with Crippen LogP contribution in [0.1, 0.15) is 19.4 Å². The average molecular weight is 288 g/mol. The molecule has 0 aliphatic heterocycles. The first-order chi connectivity index (χ1) is 8.93. The molecule has 2 N–H and O–H groups in total. The first-order valence-corrected chi connectivity index (χ1v) is 8.03. The summed E-state index contributed by atoms with van der Waals surface area (Å²) in [5, 5.41) is 3.12. The molecule has 1 atom stereocenters. The van der Waals surface area contributed by atoms with Crippen LogP contribution in [-0.4, -0.2) is 33.3 Å². The first-order valence-electron chi connectivity index (χ1n) is 6.38. The van der Waals surface area contributed by atoms with Gasteiger partial charge in [-0.05, 0) is 31.0 Å². The van der Waals surface area contributed by atoms with Crippen LogP contribution in [0.3, 0.4) is 0 Å². The molecule has 0 bridgehead atoms. The lowest BCUT2D eigenvalue weighted by Gasteiger charge is -2.14. The Balaban J connectivity index is 2.34. The number of sulfonamides is 1. The van der Waals surface area contributed by atoms with Crippen LogP contribution in [0.25, 0.3) is 0 Å². The summed E-state index contributed by atoms with van der Waals surface area (Å²) in [6.07, 6.45) is 0.666. The molecule has 0 heterocycles. The zero-order chi connectivity index (χ0) is 14.3. The van der Waals surface area contributed by atoms with Crippen LogP contribution >= 0.6 is 0 Å². The van der Waals surface area contributed by atoms with Crippen molar-refractivity contribution in [3.8, 4) is 0 Å². The zero-order valence-corrected chi connectivity index (χ0v) is 12.1. The fourth-order valence-corrected chi connectivity index (χ4v) is 2.79. The van der Waals surface area contributed by atoms with Crippen molar-refractivity contribution in [3.63, 3.8) is 0 Å². The third-order valence-corrected chi connectivity index (χ3v) is 4.13. The average Bonchev–Trinajstić information content (AvgIpc) is 2.28. The number of rotatable bonds is 8. The van der Waals surface area contributed by atoms with Gasteiger partial charge in [0, 0.05) is 19.1 Å². The van der Waals surface area contributed by atoms with Crippen molar-refractivity contribution in [3.05, 3.63) is 35.6 Å². The summed E-state index contributed by atoms with van der Waals surface area (Å²) >= 11 is 0. The minimum Gasteiger partial charge on any atom is -0.313 e. The molecule has 0 aliphatic carbocycles. The summed E-state index contributed by atoms with van der Waals surface area (Å²) in [5.41, 5.74) is 0.898. The molecule has 0 aromatic heterocycles. The van der Waals surface area contributed by atoms with Gasteiger partial charge < -0.3 is 5.32 Å². The van der Waals surface area contributed by atoms with E-state index in [-0.39, 0.29) is 17.6 Å². The van der Waals surface area contributed by atoms with Crippen LogP contribution in [0.5, 0.6) is 0 Å². The lowest BCUT2D eigenvalue weighted by atomic mass is 10.1. The van der Waals surface area contributed by atoms with Gasteiger partial charge >= 0.3 is 0 Å². The van der Waals surface area contributed by atoms with E-state index in [1.807, 2.05) is 13.0 Å². The SMILES string of the molecule is CCNS(=O)(=O)CCNC(C)Cc1cccc(F)c1. The zero-order valence-electron chi connectivity index (χ0n) is 11.3. The molecule has 0 radical (unpaired) electrons. The largest absolute Gasteiger partial charge is 0.313 e. The van der Waals surface area contributed by atoms with Gasteiger partial charge in [-0.2, -0.15) is 0 Å². The van der Waals surface area contributed by atoms with E-state index in [1.54, 1.807) is 13.0 Å². The Morgan fingerprint density at radius 1 is 1.37 bits per heavy atom. The van der Waals surface area contributed by atoms with Gasteiger partial charge in [-0.3, -0.25) is 0 Å². The maximum Gasteiger partial charge on any atom is 0.212 e. The monoisotopic (exact) mass is 288 g/mol. The minimum absolute atomic E-state index is 0.0499. The summed E-state index contributed by atoms with van der Waals surface area (Å²) in [4.78, 5) is 0. The van der Waals surface area contributed by atoms with Gasteiger partial charge in [-0.1, -0.05) is 19.1 Å². The number of halogens is 1. The van der Waals surface area contributed by atoms with E-state index in [4.69, 9.17) is 0 Å². The Hall–Kier alpha value is -0.980. The second-order valence-electron chi connectivity index (χ2n) is 4.51. The Morgan fingerprint density at radius 3 is 2.74 bits per heavy atom. The van der Waals surface area contributed by atoms with Gasteiger partial charge in [0.15, 0.2) is 0 Å². The van der Waals surface area contributed by atoms with Gasteiger partial charge in [0.1, 0.15) is 5.82 Å². The van der Waals surface area contributed by atoms with Crippen molar-refractivity contribution >= 4 is 10.0 Å². The minimum atomic E-state index is -3.18. The lowest BCUT2D eigenvalue weighted by Crippen LogP contribution is -2.36. The van der Waals surface area contributed by atoms with Crippen LogP contribution in [0.15, 0.2) is 24.3 Å². The summed E-state index contributed by atoms with van der Waals surface area (Å²) in [7, 11) is -3.18. The molecular weight excluding hydrogens is 267 g/mol. The van der Waals surface area contributed by atoms with Crippen LogP contribution in [0.2, 0.25) is 0 Å². The Morgan fingerprint density at radius 2 is 2.11 bits per heavy atom. The fourth-order valence-electron chi connectivity index (χ4n) is 1.82. The smallest absolute Gasteiger partial charge is 0.212 e. The van der Waals surface area contributed by atoms with Gasteiger partial charge in [-0.25, -0.2) is 17.5 Å². The Labute approximate surface area is 114 Å². The van der Waals surface area contributed by atoms with E-state index in [9.17, 15) is 12.8 Å². The van der Waals surface area contributed by atoms with Gasteiger partial charge in [0.05, 0.1) is 5.75 Å². The first kappa shape index (κ1) is 16.1. The predicted octanol–water partition coefficient (Wildman–Crippen LogP) is 1.29. The second kappa shape index (κ2) is 7.57. The highest BCUT2D eigenvalue weighted by Gasteiger charge is 2.09. The van der Waals surface area contributed by atoms with Crippen LogP contribution in [-0.2, 0) is 16.4 Å². The number of hydrogen-bond acceptors (Lipinski definition) is 3. The highest BCUT2D eigenvalue weighted by Crippen LogP contribution is 2.06.